The van der Waals surface area contributed by atoms with E-state index in [0.717, 1.165) is 18.1 Å². The van der Waals surface area contributed by atoms with Crippen LogP contribution in [0.5, 0.6) is 0 Å². The summed E-state index contributed by atoms with van der Waals surface area (Å²) in [7, 11) is 1.91. The van der Waals surface area contributed by atoms with Gasteiger partial charge in [0.2, 0.25) is 5.91 Å². The Balaban J connectivity index is 1.85. The molecular formula is C12H16ClN3O. The fourth-order valence-electron chi connectivity index (χ4n) is 2.42. The van der Waals surface area contributed by atoms with E-state index in [1.165, 1.54) is 12.8 Å². The monoisotopic (exact) mass is 253 g/mol. The van der Waals surface area contributed by atoms with Crippen molar-refractivity contribution in [3.8, 4) is 0 Å². The molecular weight excluding hydrogens is 238 g/mol. The number of amides is 1. The number of hydrogen-bond donors (Lipinski definition) is 0. The van der Waals surface area contributed by atoms with Crippen LogP contribution in [0.2, 0.25) is 0 Å². The summed E-state index contributed by atoms with van der Waals surface area (Å²) in [6, 6.07) is 2.06. The van der Waals surface area contributed by atoms with Crippen molar-refractivity contribution in [3.63, 3.8) is 0 Å². The van der Waals surface area contributed by atoms with Crippen LogP contribution in [0.4, 0.5) is 5.82 Å². The van der Waals surface area contributed by atoms with Gasteiger partial charge in [-0.15, -0.1) is 11.6 Å². The lowest BCUT2D eigenvalue weighted by atomic mass is 10.1. The molecule has 1 saturated heterocycles. The van der Waals surface area contributed by atoms with Gasteiger partial charge < -0.3 is 0 Å². The number of nitrogens with zero attached hydrogens (tertiary/aromatic N) is 3. The highest BCUT2D eigenvalue weighted by atomic mass is 35.5. The Bertz CT molecular complexity index is 453. The van der Waals surface area contributed by atoms with Crippen LogP contribution in [-0.2, 0) is 11.8 Å². The highest BCUT2D eigenvalue weighted by Crippen LogP contribution is 2.40. The quantitative estimate of drug-likeness (QED) is 0.772. The first-order valence-corrected chi connectivity index (χ1v) is 6.62. The summed E-state index contributed by atoms with van der Waals surface area (Å²) in [6.45, 7) is 0.728. The molecule has 92 valence electrons. The summed E-state index contributed by atoms with van der Waals surface area (Å²) in [5.41, 5.74) is 1.13. The van der Waals surface area contributed by atoms with Crippen LogP contribution in [0, 0.1) is 5.92 Å². The SMILES string of the molecule is Cn1nc(C2CC2)cc1N1CC(CCl)CC1=O. The van der Waals surface area contributed by atoms with Gasteiger partial charge in [-0.2, -0.15) is 5.10 Å². The second-order valence-corrected chi connectivity index (χ2v) is 5.36. The maximum absolute atomic E-state index is 11.9. The Morgan fingerprint density at radius 2 is 2.29 bits per heavy atom. The highest BCUT2D eigenvalue weighted by molar-refractivity contribution is 6.18. The molecule has 17 heavy (non-hydrogen) atoms. The van der Waals surface area contributed by atoms with Gasteiger partial charge in [0.05, 0.1) is 5.69 Å². The topological polar surface area (TPSA) is 38.1 Å². The molecule has 0 radical (unpaired) electrons. The standard InChI is InChI=1S/C12H16ClN3O/c1-15-11(5-10(14-15)9-2-3-9)16-7-8(6-13)4-12(16)17/h5,8-9H,2-4,6-7H2,1H3. The molecule has 1 unspecified atom stereocenters. The van der Waals surface area contributed by atoms with Crippen molar-refractivity contribution < 1.29 is 4.79 Å². The molecule has 1 saturated carbocycles. The molecule has 1 aliphatic heterocycles. The van der Waals surface area contributed by atoms with Gasteiger partial charge in [-0.1, -0.05) is 0 Å². The molecule has 0 spiro atoms. The third-order valence-corrected chi connectivity index (χ3v) is 4.01. The smallest absolute Gasteiger partial charge is 0.228 e. The Hall–Kier alpha value is -1.03. The van der Waals surface area contributed by atoms with E-state index in [9.17, 15) is 4.79 Å². The van der Waals surface area contributed by atoms with E-state index in [4.69, 9.17) is 11.6 Å². The molecule has 1 aromatic heterocycles. The first-order valence-electron chi connectivity index (χ1n) is 6.09. The van der Waals surface area contributed by atoms with Crippen LogP contribution in [0.1, 0.15) is 30.9 Å². The van der Waals surface area contributed by atoms with E-state index in [2.05, 4.69) is 11.2 Å². The zero-order chi connectivity index (χ0) is 12.0. The maximum Gasteiger partial charge on any atom is 0.228 e. The molecule has 1 amide bonds. The average Bonchev–Trinajstić information content (AvgIpc) is 2.99. The molecule has 5 heteroatoms. The number of anilines is 1. The Labute approximate surface area is 106 Å². The van der Waals surface area contributed by atoms with E-state index in [1.54, 1.807) is 0 Å². The lowest BCUT2D eigenvalue weighted by Gasteiger charge is -2.15. The summed E-state index contributed by atoms with van der Waals surface area (Å²) in [5.74, 6) is 2.54. The largest absolute Gasteiger partial charge is 0.297 e. The molecule has 4 nitrogen and oxygen atoms in total. The zero-order valence-electron chi connectivity index (χ0n) is 9.90. The molecule has 0 aromatic carbocycles. The fourth-order valence-corrected chi connectivity index (χ4v) is 2.62. The molecule has 2 fully saturated rings. The average molecular weight is 254 g/mol. The Morgan fingerprint density at radius 1 is 1.53 bits per heavy atom. The van der Waals surface area contributed by atoms with Crippen LogP contribution in [-0.4, -0.2) is 28.1 Å². The summed E-state index contributed by atoms with van der Waals surface area (Å²) in [4.78, 5) is 13.7. The van der Waals surface area contributed by atoms with Crippen LogP contribution in [0.3, 0.4) is 0 Å². The number of rotatable bonds is 3. The molecule has 3 rings (SSSR count). The number of alkyl halides is 1. The Morgan fingerprint density at radius 3 is 2.88 bits per heavy atom. The van der Waals surface area contributed by atoms with Crippen molar-refractivity contribution in [1.82, 2.24) is 9.78 Å². The minimum absolute atomic E-state index is 0.168. The number of aryl methyl sites for hydroxylation is 1. The number of carbonyl (C=O) groups is 1. The van der Waals surface area contributed by atoms with Gasteiger partial charge in [0, 0.05) is 37.9 Å². The van der Waals surface area contributed by atoms with Gasteiger partial charge in [0.25, 0.3) is 0 Å². The molecule has 1 aliphatic carbocycles. The van der Waals surface area contributed by atoms with Crippen molar-refractivity contribution in [2.24, 2.45) is 13.0 Å². The summed E-state index contributed by atoms with van der Waals surface area (Å²) >= 11 is 5.83. The number of carbonyl (C=O) groups excluding carboxylic acids is 1. The molecule has 2 aliphatic rings. The molecule has 1 aromatic rings. The number of aromatic nitrogens is 2. The van der Waals surface area contributed by atoms with Gasteiger partial charge in [-0.05, 0) is 18.8 Å². The van der Waals surface area contributed by atoms with Crippen molar-refractivity contribution >= 4 is 23.3 Å². The maximum atomic E-state index is 11.9. The molecule has 2 heterocycles. The van der Waals surface area contributed by atoms with Crippen LogP contribution in [0.25, 0.3) is 0 Å². The lowest BCUT2D eigenvalue weighted by molar-refractivity contribution is -0.117. The fraction of sp³-hybridized carbons (Fsp3) is 0.667. The lowest BCUT2D eigenvalue weighted by Crippen LogP contribution is -2.26. The minimum atomic E-state index is 0.168. The summed E-state index contributed by atoms with van der Waals surface area (Å²) < 4.78 is 1.82. The predicted octanol–water partition coefficient (Wildman–Crippen LogP) is 1.89. The van der Waals surface area contributed by atoms with E-state index in [0.29, 0.717) is 18.2 Å². The summed E-state index contributed by atoms with van der Waals surface area (Å²) in [5, 5.41) is 4.49. The minimum Gasteiger partial charge on any atom is -0.297 e. The van der Waals surface area contributed by atoms with Crippen molar-refractivity contribution in [3.05, 3.63) is 11.8 Å². The first-order chi connectivity index (χ1) is 8.19. The van der Waals surface area contributed by atoms with Gasteiger partial charge >= 0.3 is 0 Å². The van der Waals surface area contributed by atoms with Gasteiger partial charge in [-0.3, -0.25) is 14.4 Å². The number of halogens is 1. The van der Waals surface area contributed by atoms with Crippen LogP contribution in [0.15, 0.2) is 6.07 Å². The van der Waals surface area contributed by atoms with E-state index < -0.39 is 0 Å². The van der Waals surface area contributed by atoms with Crippen molar-refractivity contribution in [2.45, 2.75) is 25.2 Å². The molecule has 0 N–H and O–H groups in total. The van der Waals surface area contributed by atoms with E-state index in [-0.39, 0.29) is 11.8 Å². The second kappa shape index (κ2) is 4.02. The van der Waals surface area contributed by atoms with Gasteiger partial charge in [0.1, 0.15) is 5.82 Å². The van der Waals surface area contributed by atoms with E-state index in [1.807, 2.05) is 16.6 Å². The molecule has 0 bridgehead atoms. The second-order valence-electron chi connectivity index (χ2n) is 5.05. The normalized spacial score (nSPS) is 24.7. The van der Waals surface area contributed by atoms with Gasteiger partial charge in [-0.25, -0.2) is 0 Å². The van der Waals surface area contributed by atoms with Crippen LogP contribution < -0.4 is 4.90 Å². The van der Waals surface area contributed by atoms with E-state index >= 15 is 0 Å². The van der Waals surface area contributed by atoms with Crippen molar-refractivity contribution in [2.75, 3.05) is 17.3 Å². The highest BCUT2D eigenvalue weighted by Gasteiger charge is 2.33. The third kappa shape index (κ3) is 1.95. The number of hydrogen-bond acceptors (Lipinski definition) is 2. The summed E-state index contributed by atoms with van der Waals surface area (Å²) in [6.07, 6.45) is 3.02. The van der Waals surface area contributed by atoms with Crippen LogP contribution >= 0.6 is 11.6 Å². The van der Waals surface area contributed by atoms with Gasteiger partial charge in [0.15, 0.2) is 0 Å². The third-order valence-electron chi connectivity index (χ3n) is 3.57. The Kier molecular flexibility index (Phi) is 2.62. The van der Waals surface area contributed by atoms with Crippen molar-refractivity contribution in [1.29, 1.82) is 0 Å². The zero-order valence-corrected chi connectivity index (χ0v) is 10.7. The molecule has 1 atom stereocenters. The first kappa shape index (κ1) is 11.1. The predicted molar refractivity (Wildman–Crippen MR) is 66.4 cm³/mol.